The van der Waals surface area contributed by atoms with E-state index in [0.717, 1.165) is 23.4 Å². The molecule has 1 heterocycles. The molecule has 0 atom stereocenters. The van der Waals surface area contributed by atoms with E-state index in [0.29, 0.717) is 18.8 Å². The van der Waals surface area contributed by atoms with Crippen LogP contribution in [0.2, 0.25) is 0 Å². The van der Waals surface area contributed by atoms with Gasteiger partial charge in [-0.1, -0.05) is 19.1 Å². The fourth-order valence-corrected chi connectivity index (χ4v) is 2.20. The van der Waals surface area contributed by atoms with Crippen molar-refractivity contribution >= 4 is 11.6 Å². The molecule has 1 amide bonds. The number of amides is 1. The topological polar surface area (TPSA) is 64.2 Å². The Hall–Kier alpha value is -2.14. The van der Waals surface area contributed by atoms with E-state index in [1.165, 1.54) is 0 Å². The molecule has 1 aromatic heterocycles. The van der Waals surface area contributed by atoms with Crippen molar-refractivity contribution in [2.45, 2.75) is 33.4 Å². The molecule has 0 saturated heterocycles. The molecule has 2 N–H and O–H groups in total. The first-order chi connectivity index (χ1) is 10.1. The van der Waals surface area contributed by atoms with Gasteiger partial charge in [0.15, 0.2) is 0 Å². The van der Waals surface area contributed by atoms with E-state index in [1.54, 1.807) is 16.6 Å². The number of aryl methyl sites for hydroxylation is 2. The summed E-state index contributed by atoms with van der Waals surface area (Å²) in [6.07, 6.45) is 0.822. The van der Waals surface area contributed by atoms with Crippen LogP contribution < -0.4 is 10.6 Å². The molecule has 21 heavy (non-hydrogen) atoms. The number of hydrogen-bond donors (Lipinski definition) is 1. The Morgan fingerprint density at radius 1 is 1.29 bits per heavy atom. The van der Waals surface area contributed by atoms with Gasteiger partial charge in [-0.3, -0.25) is 9.48 Å². The fourth-order valence-electron chi connectivity index (χ4n) is 2.20. The highest BCUT2D eigenvalue weighted by molar-refractivity contribution is 6.04. The minimum atomic E-state index is -0.0513. The molecule has 5 heteroatoms. The summed E-state index contributed by atoms with van der Waals surface area (Å²) in [5, 5.41) is 4.42. The van der Waals surface area contributed by atoms with Crippen LogP contribution in [-0.2, 0) is 19.5 Å². The van der Waals surface area contributed by atoms with Crippen LogP contribution in [-0.4, -0.2) is 22.7 Å². The van der Waals surface area contributed by atoms with Crippen LogP contribution in [0.3, 0.4) is 0 Å². The van der Waals surface area contributed by atoms with E-state index < -0.39 is 0 Å². The zero-order valence-electron chi connectivity index (χ0n) is 12.8. The average molecular weight is 286 g/mol. The van der Waals surface area contributed by atoms with E-state index in [2.05, 4.69) is 5.10 Å². The van der Waals surface area contributed by atoms with Crippen molar-refractivity contribution < 1.29 is 4.79 Å². The van der Waals surface area contributed by atoms with Crippen LogP contribution in [0.4, 0.5) is 5.69 Å². The number of carbonyl (C=O) groups excluding carboxylic acids is 1. The Morgan fingerprint density at radius 2 is 1.95 bits per heavy atom. The molecule has 0 unspecified atom stereocenters. The highest BCUT2D eigenvalue weighted by Gasteiger charge is 2.19. The molecule has 0 radical (unpaired) electrons. The Labute approximate surface area is 125 Å². The van der Waals surface area contributed by atoms with Gasteiger partial charge in [0, 0.05) is 25.8 Å². The second-order valence-corrected chi connectivity index (χ2v) is 4.92. The van der Waals surface area contributed by atoms with Gasteiger partial charge < -0.3 is 10.6 Å². The number of nitrogens with zero attached hydrogens (tertiary/aromatic N) is 3. The Morgan fingerprint density at radius 3 is 2.48 bits per heavy atom. The number of aromatic nitrogens is 2. The SMILES string of the molecule is CCc1cc(C(=O)N(C)c2ccc(CN)cc2)n(CC)n1. The molecule has 112 valence electrons. The second kappa shape index (κ2) is 6.54. The first-order valence-corrected chi connectivity index (χ1v) is 7.24. The van der Waals surface area contributed by atoms with Crippen LogP contribution in [0.1, 0.15) is 35.6 Å². The van der Waals surface area contributed by atoms with Gasteiger partial charge in [-0.05, 0) is 37.1 Å². The minimum absolute atomic E-state index is 0.0513. The third kappa shape index (κ3) is 3.13. The average Bonchev–Trinajstić information content (AvgIpc) is 2.97. The lowest BCUT2D eigenvalue weighted by molar-refractivity contribution is 0.0983. The van der Waals surface area contributed by atoms with E-state index in [1.807, 2.05) is 44.2 Å². The van der Waals surface area contributed by atoms with Gasteiger partial charge in [-0.25, -0.2) is 0 Å². The maximum absolute atomic E-state index is 12.6. The van der Waals surface area contributed by atoms with Crippen molar-refractivity contribution in [1.29, 1.82) is 0 Å². The third-order valence-corrected chi connectivity index (χ3v) is 3.58. The first kappa shape index (κ1) is 15.3. The third-order valence-electron chi connectivity index (χ3n) is 3.58. The highest BCUT2D eigenvalue weighted by atomic mass is 16.2. The zero-order chi connectivity index (χ0) is 15.4. The molecule has 0 aliphatic rings. The maximum Gasteiger partial charge on any atom is 0.276 e. The quantitative estimate of drug-likeness (QED) is 0.916. The first-order valence-electron chi connectivity index (χ1n) is 7.24. The molecular weight excluding hydrogens is 264 g/mol. The van der Waals surface area contributed by atoms with Crippen LogP contribution in [0, 0.1) is 0 Å². The lowest BCUT2D eigenvalue weighted by atomic mass is 10.2. The smallest absolute Gasteiger partial charge is 0.276 e. The minimum Gasteiger partial charge on any atom is -0.326 e. The van der Waals surface area contributed by atoms with Gasteiger partial charge in [0.2, 0.25) is 0 Å². The second-order valence-electron chi connectivity index (χ2n) is 4.92. The number of anilines is 1. The lowest BCUT2D eigenvalue weighted by Crippen LogP contribution is -2.28. The molecule has 0 aliphatic carbocycles. The fraction of sp³-hybridized carbons (Fsp3) is 0.375. The molecule has 0 aliphatic heterocycles. The van der Waals surface area contributed by atoms with Gasteiger partial charge in [-0.2, -0.15) is 5.10 Å². The largest absolute Gasteiger partial charge is 0.326 e. The zero-order valence-corrected chi connectivity index (χ0v) is 12.8. The van der Waals surface area contributed by atoms with E-state index in [4.69, 9.17) is 5.73 Å². The van der Waals surface area contributed by atoms with Crippen molar-refractivity contribution in [3.63, 3.8) is 0 Å². The van der Waals surface area contributed by atoms with E-state index in [9.17, 15) is 4.79 Å². The van der Waals surface area contributed by atoms with Gasteiger partial charge in [0.05, 0.1) is 5.69 Å². The molecule has 0 bridgehead atoms. The Kier molecular flexibility index (Phi) is 4.75. The Balaban J connectivity index is 2.27. The number of nitrogens with two attached hydrogens (primary N) is 1. The molecule has 0 fully saturated rings. The highest BCUT2D eigenvalue weighted by Crippen LogP contribution is 2.17. The van der Waals surface area contributed by atoms with E-state index >= 15 is 0 Å². The molecule has 2 rings (SSSR count). The summed E-state index contributed by atoms with van der Waals surface area (Å²) in [5.74, 6) is -0.0513. The number of carbonyl (C=O) groups is 1. The summed E-state index contributed by atoms with van der Waals surface area (Å²) >= 11 is 0. The predicted molar refractivity (Wildman–Crippen MR) is 84.3 cm³/mol. The predicted octanol–water partition coefficient (Wildman–Crippen LogP) is 2.20. The van der Waals surface area contributed by atoms with Crippen LogP contribution in [0.5, 0.6) is 0 Å². The van der Waals surface area contributed by atoms with Crippen molar-refractivity contribution in [3.8, 4) is 0 Å². The molecule has 2 aromatic rings. The summed E-state index contributed by atoms with van der Waals surface area (Å²) in [7, 11) is 1.78. The standard InChI is InChI=1S/C16H22N4O/c1-4-13-10-15(20(5-2)18-13)16(21)19(3)14-8-6-12(11-17)7-9-14/h6-10H,4-5,11,17H2,1-3H3. The van der Waals surface area contributed by atoms with E-state index in [-0.39, 0.29) is 5.91 Å². The summed E-state index contributed by atoms with van der Waals surface area (Å²) in [6.45, 7) is 5.20. The van der Waals surface area contributed by atoms with Gasteiger partial charge in [0.25, 0.3) is 5.91 Å². The van der Waals surface area contributed by atoms with Crippen molar-refractivity contribution in [2.24, 2.45) is 5.73 Å². The van der Waals surface area contributed by atoms with Crippen molar-refractivity contribution in [1.82, 2.24) is 9.78 Å². The normalized spacial score (nSPS) is 10.7. The molecule has 0 spiro atoms. The molecular formula is C16H22N4O. The molecule has 1 aromatic carbocycles. The summed E-state index contributed by atoms with van der Waals surface area (Å²) in [6, 6.07) is 9.57. The number of hydrogen-bond acceptors (Lipinski definition) is 3. The summed E-state index contributed by atoms with van der Waals surface area (Å²) in [4.78, 5) is 14.3. The monoisotopic (exact) mass is 286 g/mol. The van der Waals surface area contributed by atoms with Crippen LogP contribution >= 0.6 is 0 Å². The Bertz CT molecular complexity index is 616. The van der Waals surface area contributed by atoms with Crippen molar-refractivity contribution in [2.75, 3.05) is 11.9 Å². The molecule has 5 nitrogen and oxygen atoms in total. The van der Waals surface area contributed by atoms with Crippen LogP contribution in [0.15, 0.2) is 30.3 Å². The molecule has 0 saturated carbocycles. The van der Waals surface area contributed by atoms with Gasteiger partial charge >= 0.3 is 0 Å². The van der Waals surface area contributed by atoms with Gasteiger partial charge in [0.1, 0.15) is 5.69 Å². The lowest BCUT2D eigenvalue weighted by Gasteiger charge is -2.18. The number of benzene rings is 1. The van der Waals surface area contributed by atoms with Crippen molar-refractivity contribution in [3.05, 3.63) is 47.3 Å². The van der Waals surface area contributed by atoms with Crippen LogP contribution in [0.25, 0.3) is 0 Å². The number of rotatable bonds is 5. The summed E-state index contributed by atoms with van der Waals surface area (Å²) in [5.41, 5.74) is 9.05. The van der Waals surface area contributed by atoms with Gasteiger partial charge in [-0.15, -0.1) is 0 Å². The maximum atomic E-state index is 12.6. The summed E-state index contributed by atoms with van der Waals surface area (Å²) < 4.78 is 1.76.